The largest absolute Gasteiger partial charge is 0.411 e. The predicted molar refractivity (Wildman–Crippen MR) is 31.8 cm³/mol. The zero-order valence-electron chi connectivity index (χ0n) is 5.96. The van der Waals surface area contributed by atoms with Crippen molar-refractivity contribution < 1.29 is 18.0 Å². The van der Waals surface area contributed by atoms with E-state index in [0.29, 0.717) is 0 Å². The van der Waals surface area contributed by atoms with E-state index in [1.807, 2.05) is 5.32 Å². The molecule has 1 saturated heterocycles. The van der Waals surface area contributed by atoms with Crippen LogP contribution < -0.4 is 5.32 Å². The molecule has 1 atom stereocenters. The SMILES string of the molecule is CC1(C(F)(F)F)CCC(=O)N1. The zero-order chi connectivity index (χ0) is 8.70. The average molecular weight is 167 g/mol. The summed E-state index contributed by atoms with van der Waals surface area (Å²) < 4.78 is 36.3. The standard InChI is InChI=1S/C6H8F3NO/c1-5(6(7,8)9)3-2-4(11)10-5/h2-3H2,1H3,(H,10,11). The van der Waals surface area contributed by atoms with Crippen molar-refractivity contribution in [2.45, 2.75) is 31.5 Å². The topological polar surface area (TPSA) is 29.1 Å². The second-order valence-corrected chi connectivity index (χ2v) is 2.88. The molecular formula is C6H8F3NO. The van der Waals surface area contributed by atoms with Gasteiger partial charge in [0.2, 0.25) is 5.91 Å². The van der Waals surface area contributed by atoms with E-state index in [-0.39, 0.29) is 12.8 Å². The number of carbonyl (C=O) groups excluding carboxylic acids is 1. The molecule has 1 heterocycles. The summed E-state index contributed by atoms with van der Waals surface area (Å²) in [5.74, 6) is -0.523. The Bertz CT molecular complexity index is 189. The van der Waals surface area contributed by atoms with Gasteiger partial charge in [-0.3, -0.25) is 4.79 Å². The van der Waals surface area contributed by atoms with Crippen LogP contribution in [-0.2, 0) is 4.79 Å². The molecule has 0 aromatic heterocycles. The highest BCUT2D eigenvalue weighted by Crippen LogP contribution is 2.36. The normalized spacial score (nSPS) is 32.2. The van der Waals surface area contributed by atoms with Crippen molar-refractivity contribution in [3.63, 3.8) is 0 Å². The van der Waals surface area contributed by atoms with Gasteiger partial charge in [0, 0.05) is 6.42 Å². The molecule has 1 unspecified atom stereocenters. The van der Waals surface area contributed by atoms with Crippen LogP contribution in [0.2, 0.25) is 0 Å². The Kier molecular flexibility index (Phi) is 1.61. The van der Waals surface area contributed by atoms with Gasteiger partial charge in [-0.05, 0) is 13.3 Å². The number of nitrogens with one attached hydrogen (secondary N) is 1. The van der Waals surface area contributed by atoms with Crippen molar-refractivity contribution >= 4 is 5.91 Å². The van der Waals surface area contributed by atoms with E-state index in [0.717, 1.165) is 6.92 Å². The minimum Gasteiger partial charge on any atom is -0.342 e. The summed E-state index contributed by atoms with van der Waals surface area (Å²) in [7, 11) is 0. The minimum atomic E-state index is -4.33. The van der Waals surface area contributed by atoms with Gasteiger partial charge in [-0.2, -0.15) is 13.2 Å². The van der Waals surface area contributed by atoms with Crippen LogP contribution in [0.4, 0.5) is 13.2 Å². The number of hydrogen-bond acceptors (Lipinski definition) is 1. The van der Waals surface area contributed by atoms with Crippen molar-refractivity contribution in [2.75, 3.05) is 0 Å². The lowest BCUT2D eigenvalue weighted by molar-refractivity contribution is -0.187. The van der Waals surface area contributed by atoms with Crippen LogP contribution >= 0.6 is 0 Å². The summed E-state index contributed by atoms with van der Waals surface area (Å²) in [5.41, 5.74) is -2.00. The Morgan fingerprint density at radius 2 is 2.09 bits per heavy atom. The van der Waals surface area contributed by atoms with Gasteiger partial charge in [0.05, 0.1) is 0 Å². The Morgan fingerprint density at radius 3 is 2.27 bits per heavy atom. The van der Waals surface area contributed by atoms with Crippen molar-refractivity contribution in [3.8, 4) is 0 Å². The number of hydrogen-bond donors (Lipinski definition) is 1. The van der Waals surface area contributed by atoms with Gasteiger partial charge in [-0.15, -0.1) is 0 Å². The molecule has 0 bridgehead atoms. The van der Waals surface area contributed by atoms with Crippen molar-refractivity contribution in [2.24, 2.45) is 0 Å². The van der Waals surface area contributed by atoms with E-state index in [2.05, 4.69) is 0 Å². The third-order valence-corrected chi connectivity index (χ3v) is 1.89. The van der Waals surface area contributed by atoms with Crippen LogP contribution in [0, 0.1) is 0 Å². The Balaban J connectivity index is 2.77. The fourth-order valence-electron chi connectivity index (χ4n) is 1.01. The number of alkyl halides is 3. The number of halogens is 3. The van der Waals surface area contributed by atoms with Crippen LogP contribution in [0.15, 0.2) is 0 Å². The molecule has 1 rings (SSSR count). The maximum absolute atomic E-state index is 12.1. The van der Waals surface area contributed by atoms with Crippen molar-refractivity contribution in [1.29, 1.82) is 0 Å². The Morgan fingerprint density at radius 1 is 1.55 bits per heavy atom. The molecule has 0 aromatic rings. The van der Waals surface area contributed by atoms with Gasteiger partial charge in [0.15, 0.2) is 0 Å². The highest BCUT2D eigenvalue weighted by atomic mass is 19.4. The van der Waals surface area contributed by atoms with Crippen LogP contribution in [0.3, 0.4) is 0 Å². The lowest BCUT2D eigenvalue weighted by atomic mass is 10.0. The summed E-state index contributed by atoms with van der Waals surface area (Å²) in [6.45, 7) is 0.998. The molecule has 0 saturated carbocycles. The van der Waals surface area contributed by atoms with E-state index in [9.17, 15) is 18.0 Å². The highest BCUT2D eigenvalue weighted by Gasteiger charge is 2.54. The monoisotopic (exact) mass is 167 g/mol. The van der Waals surface area contributed by atoms with E-state index in [1.54, 1.807) is 0 Å². The lowest BCUT2D eigenvalue weighted by Crippen LogP contribution is -2.51. The molecule has 0 spiro atoms. The van der Waals surface area contributed by atoms with Crippen LogP contribution in [0.5, 0.6) is 0 Å². The van der Waals surface area contributed by atoms with Crippen LogP contribution in [-0.4, -0.2) is 17.6 Å². The van der Waals surface area contributed by atoms with E-state index < -0.39 is 17.6 Å². The van der Waals surface area contributed by atoms with Gasteiger partial charge in [-0.25, -0.2) is 0 Å². The fourth-order valence-corrected chi connectivity index (χ4v) is 1.01. The zero-order valence-corrected chi connectivity index (χ0v) is 5.96. The van der Waals surface area contributed by atoms with Crippen LogP contribution in [0.1, 0.15) is 19.8 Å². The first-order valence-corrected chi connectivity index (χ1v) is 3.23. The first-order chi connectivity index (χ1) is 4.85. The summed E-state index contributed by atoms with van der Waals surface area (Å²) in [5, 5.41) is 1.91. The maximum Gasteiger partial charge on any atom is 0.411 e. The highest BCUT2D eigenvalue weighted by molar-refractivity contribution is 5.79. The molecule has 64 valence electrons. The first kappa shape index (κ1) is 8.36. The lowest BCUT2D eigenvalue weighted by Gasteiger charge is -2.26. The Hall–Kier alpha value is -0.740. The number of carbonyl (C=O) groups is 1. The van der Waals surface area contributed by atoms with Gasteiger partial charge >= 0.3 is 6.18 Å². The minimum absolute atomic E-state index is 0.0317. The molecule has 1 fully saturated rings. The predicted octanol–water partition coefficient (Wildman–Crippen LogP) is 1.22. The second kappa shape index (κ2) is 2.12. The van der Waals surface area contributed by atoms with Crippen LogP contribution in [0.25, 0.3) is 0 Å². The summed E-state index contributed by atoms with van der Waals surface area (Å²) in [6, 6.07) is 0. The quantitative estimate of drug-likeness (QED) is 0.577. The molecular weight excluding hydrogens is 159 g/mol. The second-order valence-electron chi connectivity index (χ2n) is 2.88. The maximum atomic E-state index is 12.1. The smallest absolute Gasteiger partial charge is 0.342 e. The van der Waals surface area contributed by atoms with Crippen molar-refractivity contribution in [3.05, 3.63) is 0 Å². The van der Waals surface area contributed by atoms with Gasteiger partial charge in [0.1, 0.15) is 5.54 Å². The molecule has 0 radical (unpaired) electrons. The summed E-state index contributed by atoms with van der Waals surface area (Å²) in [6.07, 6.45) is -4.52. The van der Waals surface area contributed by atoms with Crippen molar-refractivity contribution in [1.82, 2.24) is 5.32 Å². The third-order valence-electron chi connectivity index (χ3n) is 1.89. The molecule has 0 aliphatic carbocycles. The van der Waals surface area contributed by atoms with Gasteiger partial charge in [-0.1, -0.05) is 0 Å². The summed E-state index contributed by atoms with van der Waals surface area (Å²) in [4.78, 5) is 10.5. The molecule has 11 heavy (non-hydrogen) atoms. The van der Waals surface area contributed by atoms with E-state index in [1.165, 1.54) is 0 Å². The third kappa shape index (κ3) is 1.32. The molecule has 1 N–H and O–H groups in total. The molecule has 0 aromatic carbocycles. The van der Waals surface area contributed by atoms with Gasteiger partial charge < -0.3 is 5.32 Å². The number of rotatable bonds is 0. The van der Waals surface area contributed by atoms with E-state index in [4.69, 9.17) is 0 Å². The Labute approximate surface area is 61.8 Å². The molecule has 2 nitrogen and oxygen atoms in total. The molecule has 1 amide bonds. The summed E-state index contributed by atoms with van der Waals surface area (Å²) >= 11 is 0. The number of amides is 1. The van der Waals surface area contributed by atoms with E-state index >= 15 is 0 Å². The van der Waals surface area contributed by atoms with Gasteiger partial charge in [0.25, 0.3) is 0 Å². The molecule has 5 heteroatoms. The molecule has 1 aliphatic rings. The average Bonchev–Trinajstić information content (AvgIpc) is 2.10. The fraction of sp³-hybridized carbons (Fsp3) is 0.833. The first-order valence-electron chi connectivity index (χ1n) is 3.23. The molecule has 1 aliphatic heterocycles.